The fourth-order valence-corrected chi connectivity index (χ4v) is 3.28. The summed E-state index contributed by atoms with van der Waals surface area (Å²) in [6.07, 6.45) is -0.0247. The smallest absolute Gasteiger partial charge is 0.135 e. The van der Waals surface area contributed by atoms with Crippen molar-refractivity contribution in [2.75, 3.05) is 13.3 Å². The molecule has 0 spiro atoms. The molecule has 0 aliphatic carbocycles. The van der Waals surface area contributed by atoms with Crippen LogP contribution in [-0.4, -0.2) is 23.2 Å². The van der Waals surface area contributed by atoms with Gasteiger partial charge in [0.15, 0.2) is 0 Å². The van der Waals surface area contributed by atoms with Crippen molar-refractivity contribution < 1.29 is 4.74 Å². The molecule has 1 fully saturated rings. The quantitative estimate of drug-likeness (QED) is 0.667. The Morgan fingerprint density at radius 2 is 1.87 bits per heavy atom. The van der Waals surface area contributed by atoms with Crippen molar-refractivity contribution in [3.05, 3.63) is 76.9 Å². The van der Waals surface area contributed by atoms with Gasteiger partial charge >= 0.3 is 0 Å². The lowest BCUT2D eigenvalue weighted by molar-refractivity contribution is 0.0880. The van der Waals surface area contributed by atoms with Crippen molar-refractivity contribution >= 4 is 22.5 Å². The van der Waals surface area contributed by atoms with Crippen LogP contribution in [0.1, 0.15) is 17.2 Å². The first-order valence-electron chi connectivity index (χ1n) is 7.73. The van der Waals surface area contributed by atoms with E-state index in [1.807, 2.05) is 24.3 Å². The Bertz CT molecular complexity index is 822. The lowest BCUT2D eigenvalue weighted by Crippen LogP contribution is -2.19. The maximum absolute atomic E-state index is 6.38. The van der Waals surface area contributed by atoms with E-state index in [4.69, 9.17) is 16.3 Å². The highest BCUT2D eigenvalue weighted by atomic mass is 35.5. The summed E-state index contributed by atoms with van der Waals surface area (Å²) in [5.74, 6) is 0. The summed E-state index contributed by atoms with van der Waals surface area (Å²) in [5, 5.41) is 1.63. The van der Waals surface area contributed by atoms with E-state index in [9.17, 15) is 0 Å². The summed E-state index contributed by atoms with van der Waals surface area (Å²) in [7, 11) is 0. The van der Waals surface area contributed by atoms with Crippen molar-refractivity contribution in [3.63, 3.8) is 0 Å². The molecule has 116 valence electrons. The van der Waals surface area contributed by atoms with Crippen LogP contribution in [0.25, 0.3) is 10.9 Å². The van der Waals surface area contributed by atoms with E-state index in [0.29, 0.717) is 11.9 Å². The monoisotopic (exact) mass is 324 g/mol. The molecule has 3 nitrogen and oxygen atoms in total. The molecule has 0 amide bonds. The molecule has 3 aromatic rings. The Morgan fingerprint density at radius 3 is 2.74 bits per heavy atom. The third-order valence-electron chi connectivity index (χ3n) is 4.18. The molecule has 1 saturated heterocycles. The van der Waals surface area contributed by atoms with Gasteiger partial charge in [-0.15, -0.1) is 0 Å². The number of pyridine rings is 1. The molecule has 1 aliphatic rings. The predicted molar refractivity (Wildman–Crippen MR) is 92.3 cm³/mol. The number of fused-ring (bicyclic) bond motifs is 1. The zero-order valence-corrected chi connectivity index (χ0v) is 13.4. The molecule has 0 saturated carbocycles. The lowest BCUT2D eigenvalue weighted by atomic mass is 10.1. The third kappa shape index (κ3) is 3.08. The molecular weight excluding hydrogens is 308 g/mol. The summed E-state index contributed by atoms with van der Waals surface area (Å²) in [4.78, 5) is 6.78. The van der Waals surface area contributed by atoms with Crippen LogP contribution in [0.5, 0.6) is 0 Å². The number of hydrogen-bond acceptors (Lipinski definition) is 3. The number of halogens is 1. The molecule has 23 heavy (non-hydrogen) atoms. The molecule has 4 rings (SSSR count). The average molecular weight is 325 g/mol. The number of ether oxygens (including phenoxy) is 1. The van der Waals surface area contributed by atoms with Gasteiger partial charge in [0.05, 0.1) is 11.6 Å². The number of rotatable bonds is 3. The SMILES string of the molecule is Clc1nc2ccccc2cc1C1CN(Cc2ccccc2)CO1. The van der Waals surface area contributed by atoms with E-state index in [1.54, 1.807) is 0 Å². The second kappa shape index (κ2) is 6.28. The summed E-state index contributed by atoms with van der Waals surface area (Å²) < 4.78 is 5.96. The van der Waals surface area contributed by atoms with Crippen molar-refractivity contribution in [1.29, 1.82) is 0 Å². The second-order valence-corrected chi connectivity index (χ2v) is 6.20. The number of para-hydroxylation sites is 1. The van der Waals surface area contributed by atoms with Gasteiger partial charge < -0.3 is 4.74 Å². The molecule has 2 heterocycles. The predicted octanol–water partition coefficient (Wildman–Crippen LogP) is 4.42. The third-order valence-corrected chi connectivity index (χ3v) is 4.49. The van der Waals surface area contributed by atoms with Gasteiger partial charge in [0.1, 0.15) is 11.9 Å². The van der Waals surface area contributed by atoms with Crippen LogP contribution in [0.2, 0.25) is 5.15 Å². The van der Waals surface area contributed by atoms with Crippen LogP contribution in [0.4, 0.5) is 0 Å². The van der Waals surface area contributed by atoms with Crippen LogP contribution in [0.15, 0.2) is 60.7 Å². The minimum atomic E-state index is -0.0247. The number of benzene rings is 2. The summed E-state index contributed by atoms with van der Waals surface area (Å²) in [6, 6.07) is 20.5. The van der Waals surface area contributed by atoms with Gasteiger partial charge in [-0.1, -0.05) is 60.1 Å². The van der Waals surface area contributed by atoms with E-state index in [-0.39, 0.29) is 6.10 Å². The summed E-state index contributed by atoms with van der Waals surface area (Å²) in [6.45, 7) is 2.33. The molecule has 0 bridgehead atoms. The molecule has 1 aliphatic heterocycles. The van der Waals surface area contributed by atoms with Crippen molar-refractivity contribution in [2.24, 2.45) is 0 Å². The lowest BCUT2D eigenvalue weighted by Gasteiger charge is -2.14. The van der Waals surface area contributed by atoms with E-state index in [0.717, 1.165) is 29.6 Å². The van der Waals surface area contributed by atoms with Gasteiger partial charge in [-0.2, -0.15) is 0 Å². The Balaban J connectivity index is 1.54. The first kappa shape index (κ1) is 14.6. The van der Waals surface area contributed by atoms with E-state index in [2.05, 4.69) is 46.3 Å². The molecule has 1 atom stereocenters. The Hall–Kier alpha value is -1.94. The maximum atomic E-state index is 6.38. The van der Waals surface area contributed by atoms with E-state index < -0.39 is 0 Å². The topological polar surface area (TPSA) is 25.4 Å². The summed E-state index contributed by atoms with van der Waals surface area (Å²) >= 11 is 6.38. The highest BCUT2D eigenvalue weighted by Gasteiger charge is 2.27. The van der Waals surface area contributed by atoms with Crippen molar-refractivity contribution in [2.45, 2.75) is 12.6 Å². The van der Waals surface area contributed by atoms with Crippen molar-refractivity contribution in [3.8, 4) is 0 Å². The molecule has 1 unspecified atom stereocenters. The first-order valence-corrected chi connectivity index (χ1v) is 8.10. The number of hydrogen-bond donors (Lipinski definition) is 0. The van der Waals surface area contributed by atoms with Crippen LogP contribution < -0.4 is 0 Å². The summed E-state index contributed by atoms with van der Waals surface area (Å²) in [5.41, 5.74) is 3.18. The van der Waals surface area contributed by atoms with Crippen LogP contribution in [0, 0.1) is 0 Å². The highest BCUT2D eigenvalue weighted by molar-refractivity contribution is 6.30. The molecular formula is C19H17ClN2O. The normalized spacial score (nSPS) is 18.6. The van der Waals surface area contributed by atoms with Gasteiger partial charge in [-0.3, -0.25) is 4.90 Å². The zero-order valence-electron chi connectivity index (χ0n) is 12.7. The molecule has 1 aromatic heterocycles. The highest BCUT2D eigenvalue weighted by Crippen LogP contribution is 2.32. The van der Waals surface area contributed by atoms with Gasteiger partial charge in [-0.05, 0) is 17.7 Å². The molecule has 0 N–H and O–H groups in total. The second-order valence-electron chi connectivity index (χ2n) is 5.84. The van der Waals surface area contributed by atoms with Gasteiger partial charge in [0.2, 0.25) is 0 Å². The maximum Gasteiger partial charge on any atom is 0.135 e. The Morgan fingerprint density at radius 1 is 1.09 bits per heavy atom. The van der Waals surface area contributed by atoms with Crippen LogP contribution in [-0.2, 0) is 11.3 Å². The molecule has 0 radical (unpaired) electrons. The van der Waals surface area contributed by atoms with E-state index >= 15 is 0 Å². The van der Waals surface area contributed by atoms with E-state index in [1.165, 1.54) is 5.56 Å². The fraction of sp³-hybridized carbons (Fsp3) is 0.211. The standard InChI is InChI=1S/C19H17ClN2O/c20-19-16(10-15-8-4-5-9-17(15)21-19)18-12-22(13-23-18)11-14-6-2-1-3-7-14/h1-10,18H,11-13H2. The largest absolute Gasteiger partial charge is 0.357 e. The van der Waals surface area contributed by atoms with Crippen LogP contribution in [0.3, 0.4) is 0 Å². The van der Waals surface area contributed by atoms with Crippen LogP contribution >= 0.6 is 11.6 Å². The Labute approximate surface area is 140 Å². The fourth-order valence-electron chi connectivity index (χ4n) is 3.01. The van der Waals surface area contributed by atoms with Crippen molar-refractivity contribution in [1.82, 2.24) is 9.88 Å². The molecule has 2 aromatic carbocycles. The molecule has 4 heteroatoms. The first-order chi connectivity index (χ1) is 11.3. The zero-order chi connectivity index (χ0) is 15.6. The van der Waals surface area contributed by atoms with Gasteiger partial charge in [0, 0.05) is 24.0 Å². The Kier molecular flexibility index (Phi) is 4.00. The minimum Gasteiger partial charge on any atom is -0.357 e. The number of aromatic nitrogens is 1. The minimum absolute atomic E-state index is 0.0247. The van der Waals surface area contributed by atoms with Gasteiger partial charge in [0.25, 0.3) is 0 Å². The average Bonchev–Trinajstić information content (AvgIpc) is 3.03. The van der Waals surface area contributed by atoms with Gasteiger partial charge in [-0.25, -0.2) is 4.98 Å². The number of nitrogens with zero attached hydrogens (tertiary/aromatic N) is 2.